The highest BCUT2D eigenvalue weighted by atomic mass is 16.4. The zero-order chi connectivity index (χ0) is 22.7. The van der Waals surface area contributed by atoms with Gasteiger partial charge in [-0.25, -0.2) is 19.6 Å². The lowest BCUT2D eigenvalue weighted by Crippen LogP contribution is -2.48. The highest BCUT2D eigenvalue weighted by Crippen LogP contribution is 2.30. The monoisotopic (exact) mass is 439 g/mol. The van der Waals surface area contributed by atoms with Crippen LogP contribution >= 0.6 is 0 Å². The highest BCUT2D eigenvalue weighted by molar-refractivity contribution is 5.89. The Labute approximate surface area is 184 Å². The molecule has 0 atom stereocenters. The van der Waals surface area contributed by atoms with E-state index in [1.165, 1.54) is 4.90 Å². The number of amides is 4. The molecule has 4 rings (SSSR count). The van der Waals surface area contributed by atoms with Gasteiger partial charge in [0.25, 0.3) is 0 Å². The molecule has 1 fully saturated rings. The van der Waals surface area contributed by atoms with Gasteiger partial charge in [0, 0.05) is 43.0 Å². The Hall–Kier alpha value is -3.89. The first-order valence-electron chi connectivity index (χ1n) is 10.5. The number of nitrogens with one attached hydrogen (secondary N) is 3. The molecule has 0 unspecified atom stereocenters. The first-order chi connectivity index (χ1) is 15.4. The van der Waals surface area contributed by atoms with Crippen molar-refractivity contribution in [3.8, 4) is 11.4 Å². The van der Waals surface area contributed by atoms with E-state index < -0.39 is 6.09 Å². The van der Waals surface area contributed by atoms with E-state index in [4.69, 9.17) is 4.98 Å². The Kier molecular flexibility index (Phi) is 6.06. The molecule has 4 N–H and O–H groups in total. The third-order valence-electron chi connectivity index (χ3n) is 5.39. The van der Waals surface area contributed by atoms with Crippen molar-refractivity contribution >= 4 is 29.5 Å². The summed E-state index contributed by atoms with van der Waals surface area (Å²) in [7, 11) is 0. The van der Waals surface area contributed by atoms with Crippen molar-refractivity contribution in [2.45, 2.75) is 19.9 Å². The molecule has 32 heavy (non-hydrogen) atoms. The van der Waals surface area contributed by atoms with Gasteiger partial charge in [-0.05, 0) is 37.6 Å². The van der Waals surface area contributed by atoms with Gasteiger partial charge in [0.05, 0.1) is 18.8 Å². The number of hydrogen-bond acceptors (Lipinski definition) is 6. The third kappa shape index (κ3) is 4.56. The normalized spacial score (nSPS) is 15.6. The van der Waals surface area contributed by atoms with Crippen LogP contribution in [0.25, 0.3) is 11.4 Å². The molecule has 11 nitrogen and oxygen atoms in total. The van der Waals surface area contributed by atoms with E-state index in [0.29, 0.717) is 55.6 Å². The molecule has 0 bridgehead atoms. The average Bonchev–Trinajstić information content (AvgIpc) is 2.78. The molecule has 11 heteroatoms. The Bertz CT molecular complexity index is 1040. The molecule has 2 aromatic rings. The number of piperazine rings is 1. The molecule has 168 valence electrons. The van der Waals surface area contributed by atoms with Crippen LogP contribution in [0.3, 0.4) is 0 Å². The Morgan fingerprint density at radius 3 is 2.62 bits per heavy atom. The maximum atomic E-state index is 12.0. The first-order valence-corrected chi connectivity index (χ1v) is 10.5. The summed E-state index contributed by atoms with van der Waals surface area (Å²) in [6, 6.07) is 6.82. The van der Waals surface area contributed by atoms with Gasteiger partial charge < -0.3 is 30.9 Å². The van der Waals surface area contributed by atoms with E-state index in [0.717, 1.165) is 11.1 Å². The van der Waals surface area contributed by atoms with Crippen molar-refractivity contribution in [1.82, 2.24) is 25.5 Å². The fraction of sp³-hybridized carbons (Fsp3) is 0.381. The molecular weight excluding hydrogens is 414 g/mol. The maximum absolute atomic E-state index is 12.0. The van der Waals surface area contributed by atoms with Gasteiger partial charge in [-0.3, -0.25) is 4.79 Å². The minimum absolute atomic E-state index is 0.0751. The van der Waals surface area contributed by atoms with Gasteiger partial charge in [0.2, 0.25) is 5.91 Å². The number of urea groups is 1. The van der Waals surface area contributed by atoms with Crippen LogP contribution in [0.1, 0.15) is 18.2 Å². The smallest absolute Gasteiger partial charge is 0.407 e. The standard InChI is InChI=1S/C21H25N7O4/c1-2-22-20(30)24-14-5-3-13(4-6-14)18-25-16-11-28(21(31)32)9-7-15(16)19(26-18)27-10-8-23-17(29)12-27/h3-6H,2,7-12H2,1H3,(H,23,29)(H,31,32)(H2,22,24,30). The number of carbonyl (C=O) groups excluding carboxylic acids is 2. The quantitative estimate of drug-likeness (QED) is 0.562. The van der Waals surface area contributed by atoms with Gasteiger partial charge in [-0.15, -0.1) is 0 Å². The summed E-state index contributed by atoms with van der Waals surface area (Å²) >= 11 is 0. The number of carbonyl (C=O) groups is 3. The topological polar surface area (TPSA) is 140 Å². The summed E-state index contributed by atoms with van der Waals surface area (Å²) in [6.07, 6.45) is -0.499. The van der Waals surface area contributed by atoms with E-state index >= 15 is 0 Å². The summed E-state index contributed by atoms with van der Waals surface area (Å²) < 4.78 is 0. The number of carboxylic acid groups (broad SMARTS) is 1. The number of nitrogens with zero attached hydrogens (tertiary/aromatic N) is 4. The van der Waals surface area contributed by atoms with E-state index in [1.807, 2.05) is 11.8 Å². The Balaban J connectivity index is 1.68. The largest absolute Gasteiger partial charge is 0.465 e. The van der Waals surface area contributed by atoms with Crippen molar-refractivity contribution < 1.29 is 19.5 Å². The van der Waals surface area contributed by atoms with Gasteiger partial charge in [-0.2, -0.15) is 0 Å². The predicted molar refractivity (Wildman–Crippen MR) is 118 cm³/mol. The lowest BCUT2D eigenvalue weighted by Gasteiger charge is -2.33. The van der Waals surface area contributed by atoms with Crippen molar-refractivity contribution in [2.75, 3.05) is 42.9 Å². The van der Waals surface area contributed by atoms with E-state index in [1.54, 1.807) is 24.3 Å². The molecule has 0 spiro atoms. The third-order valence-corrected chi connectivity index (χ3v) is 5.39. The predicted octanol–water partition coefficient (Wildman–Crippen LogP) is 1.26. The molecule has 1 aromatic carbocycles. The van der Waals surface area contributed by atoms with Crippen LogP contribution in [0, 0.1) is 0 Å². The molecule has 2 aliphatic heterocycles. The molecule has 0 aliphatic carbocycles. The number of aromatic nitrogens is 2. The minimum atomic E-state index is -0.990. The van der Waals surface area contributed by atoms with Crippen LogP contribution in [0.4, 0.5) is 21.1 Å². The summed E-state index contributed by atoms with van der Waals surface area (Å²) in [5.74, 6) is 1.05. The van der Waals surface area contributed by atoms with Gasteiger partial charge in [-0.1, -0.05) is 0 Å². The highest BCUT2D eigenvalue weighted by Gasteiger charge is 2.29. The molecule has 0 saturated carbocycles. The number of fused-ring (bicyclic) bond motifs is 1. The SMILES string of the molecule is CCNC(=O)Nc1ccc(-c2nc3c(c(N4CCNC(=O)C4)n2)CCN(C(=O)O)C3)cc1. The second-order valence-corrected chi connectivity index (χ2v) is 7.58. The lowest BCUT2D eigenvalue weighted by molar-refractivity contribution is -0.120. The van der Waals surface area contributed by atoms with Crippen LogP contribution in [0.15, 0.2) is 24.3 Å². The van der Waals surface area contributed by atoms with Crippen molar-refractivity contribution in [3.63, 3.8) is 0 Å². The summed E-state index contributed by atoms with van der Waals surface area (Å²) in [5, 5.41) is 17.6. The molecule has 3 heterocycles. The number of hydrogen-bond donors (Lipinski definition) is 4. The summed E-state index contributed by atoms with van der Waals surface area (Å²) in [4.78, 5) is 47.9. The molecular formula is C21H25N7O4. The van der Waals surface area contributed by atoms with Crippen LogP contribution in [0.5, 0.6) is 0 Å². The van der Waals surface area contributed by atoms with E-state index in [9.17, 15) is 19.5 Å². The molecule has 0 radical (unpaired) electrons. The number of anilines is 2. The fourth-order valence-electron chi connectivity index (χ4n) is 3.82. The van der Waals surface area contributed by atoms with Crippen LogP contribution in [-0.4, -0.2) is 70.7 Å². The second-order valence-electron chi connectivity index (χ2n) is 7.58. The second kappa shape index (κ2) is 9.08. The van der Waals surface area contributed by atoms with Crippen LogP contribution in [0.2, 0.25) is 0 Å². The molecule has 1 aromatic heterocycles. The summed E-state index contributed by atoms with van der Waals surface area (Å²) in [5.41, 5.74) is 2.89. The maximum Gasteiger partial charge on any atom is 0.407 e. The Morgan fingerprint density at radius 1 is 1.16 bits per heavy atom. The fourth-order valence-corrected chi connectivity index (χ4v) is 3.82. The van der Waals surface area contributed by atoms with Gasteiger partial charge in [0.15, 0.2) is 5.82 Å². The molecule has 1 saturated heterocycles. The van der Waals surface area contributed by atoms with Gasteiger partial charge >= 0.3 is 12.1 Å². The van der Waals surface area contributed by atoms with Crippen molar-refractivity contribution in [2.24, 2.45) is 0 Å². The number of rotatable bonds is 4. The average molecular weight is 439 g/mol. The number of benzene rings is 1. The van der Waals surface area contributed by atoms with Crippen LogP contribution < -0.4 is 20.9 Å². The lowest BCUT2D eigenvalue weighted by atomic mass is 10.0. The zero-order valence-corrected chi connectivity index (χ0v) is 17.7. The zero-order valence-electron chi connectivity index (χ0n) is 17.7. The van der Waals surface area contributed by atoms with Crippen LogP contribution in [-0.2, 0) is 17.8 Å². The van der Waals surface area contributed by atoms with Crippen molar-refractivity contribution in [1.29, 1.82) is 0 Å². The van der Waals surface area contributed by atoms with E-state index in [2.05, 4.69) is 20.9 Å². The van der Waals surface area contributed by atoms with Gasteiger partial charge in [0.1, 0.15) is 5.82 Å². The first kappa shape index (κ1) is 21.3. The molecule has 4 amide bonds. The summed E-state index contributed by atoms with van der Waals surface area (Å²) in [6.45, 7) is 4.23. The Morgan fingerprint density at radius 2 is 1.94 bits per heavy atom. The molecule has 2 aliphatic rings. The van der Waals surface area contributed by atoms with E-state index in [-0.39, 0.29) is 25.0 Å². The minimum Gasteiger partial charge on any atom is -0.465 e. The van der Waals surface area contributed by atoms with Crippen molar-refractivity contribution in [3.05, 3.63) is 35.5 Å².